The summed E-state index contributed by atoms with van der Waals surface area (Å²) in [4.78, 5) is 2.83. The normalized spacial score (nSPS) is 22.0. The average Bonchev–Trinajstić information content (AvgIpc) is 2.38. The lowest BCUT2D eigenvalue weighted by Crippen LogP contribution is -2.59. The molecule has 2 heterocycles. The molecule has 0 saturated carbocycles. The van der Waals surface area contributed by atoms with E-state index in [4.69, 9.17) is 4.74 Å². The minimum absolute atomic E-state index is 0.184. The smallest absolute Gasteiger partial charge is 0.175 e. The molecule has 5 nitrogen and oxygen atoms in total. The summed E-state index contributed by atoms with van der Waals surface area (Å²) in [6, 6.07) is 7.49. The van der Waals surface area contributed by atoms with Crippen molar-refractivity contribution in [1.82, 2.24) is 10.2 Å². The lowest BCUT2D eigenvalue weighted by molar-refractivity contribution is 0.0582. The first-order valence-electron chi connectivity index (χ1n) is 7.44. The minimum atomic E-state index is -3.18. The van der Waals surface area contributed by atoms with Gasteiger partial charge < -0.3 is 10.1 Å². The summed E-state index contributed by atoms with van der Waals surface area (Å²) in [6.45, 7) is 4.31. The number of hydrogen-bond acceptors (Lipinski definition) is 5. The largest absolute Gasteiger partial charge is 0.490 e. The molecule has 3 rings (SSSR count). The first kappa shape index (κ1) is 14.8. The van der Waals surface area contributed by atoms with E-state index in [2.05, 4.69) is 10.2 Å². The molecule has 0 spiro atoms. The fraction of sp³-hybridized carbons (Fsp3) is 0.600. The highest BCUT2D eigenvalue weighted by Gasteiger charge is 2.29. The Balaban J connectivity index is 1.58. The summed E-state index contributed by atoms with van der Waals surface area (Å²) < 4.78 is 29.1. The second kappa shape index (κ2) is 5.94. The molecule has 6 heteroatoms. The summed E-state index contributed by atoms with van der Waals surface area (Å²) in [5.41, 5.74) is 0. The van der Waals surface area contributed by atoms with Crippen molar-refractivity contribution in [2.75, 3.05) is 32.4 Å². The Morgan fingerprint density at radius 2 is 1.95 bits per heavy atom. The molecule has 0 amide bonds. The van der Waals surface area contributed by atoms with Gasteiger partial charge in [-0.15, -0.1) is 0 Å². The van der Waals surface area contributed by atoms with Crippen LogP contribution in [0.4, 0.5) is 0 Å². The van der Waals surface area contributed by atoms with Crippen molar-refractivity contribution in [3.63, 3.8) is 0 Å². The summed E-state index contributed by atoms with van der Waals surface area (Å²) in [5, 5.41) is 3.30. The Labute approximate surface area is 126 Å². The van der Waals surface area contributed by atoms with Gasteiger partial charge in [-0.05, 0) is 31.0 Å². The van der Waals surface area contributed by atoms with E-state index in [9.17, 15) is 8.42 Å². The van der Waals surface area contributed by atoms with Crippen LogP contribution in [0, 0.1) is 0 Å². The number of likely N-dealkylation sites (tertiary alicyclic amines) is 1. The second-order valence-corrected chi connectivity index (χ2v) is 7.93. The lowest BCUT2D eigenvalue weighted by Gasteiger charge is -2.42. The maximum atomic E-state index is 11.6. The van der Waals surface area contributed by atoms with E-state index >= 15 is 0 Å². The summed E-state index contributed by atoms with van der Waals surface area (Å²) in [7, 11) is -3.18. The van der Waals surface area contributed by atoms with Crippen LogP contribution in [-0.2, 0) is 9.84 Å². The van der Waals surface area contributed by atoms with Crippen molar-refractivity contribution in [3.05, 3.63) is 24.3 Å². The van der Waals surface area contributed by atoms with Crippen LogP contribution in [0.5, 0.6) is 5.75 Å². The molecule has 0 atom stereocenters. The Bertz CT molecular complexity index is 591. The Hall–Kier alpha value is -1.11. The number of benzene rings is 1. The second-order valence-electron chi connectivity index (χ2n) is 5.91. The van der Waals surface area contributed by atoms with E-state index in [1.807, 2.05) is 6.07 Å². The van der Waals surface area contributed by atoms with E-state index in [0.717, 1.165) is 39.0 Å². The number of sulfone groups is 1. The standard InChI is InChI=1S/C15H22N2O3S/c1-21(18,19)15-4-2-3-14(9-15)20-13-5-7-17(8-6-13)12-10-16-11-12/h2-4,9,12-13,16H,5-8,10-11H2,1H3. The SMILES string of the molecule is CS(=O)(=O)c1cccc(OC2CCN(C3CNC3)CC2)c1. The van der Waals surface area contributed by atoms with Gasteiger partial charge in [0.2, 0.25) is 0 Å². The molecule has 0 radical (unpaired) electrons. The Kier molecular flexibility index (Phi) is 4.19. The molecule has 2 aliphatic rings. The maximum Gasteiger partial charge on any atom is 0.175 e. The van der Waals surface area contributed by atoms with E-state index in [1.165, 1.54) is 6.26 Å². The average molecular weight is 310 g/mol. The summed E-state index contributed by atoms with van der Waals surface area (Å²) in [5.74, 6) is 0.654. The van der Waals surface area contributed by atoms with Crippen molar-refractivity contribution >= 4 is 9.84 Å². The molecule has 21 heavy (non-hydrogen) atoms. The molecule has 2 fully saturated rings. The zero-order valence-electron chi connectivity index (χ0n) is 12.3. The minimum Gasteiger partial charge on any atom is -0.490 e. The molecule has 0 aromatic heterocycles. The van der Waals surface area contributed by atoms with Crippen molar-refractivity contribution in [1.29, 1.82) is 0 Å². The fourth-order valence-electron chi connectivity index (χ4n) is 2.86. The van der Waals surface area contributed by atoms with Gasteiger partial charge in [0.25, 0.3) is 0 Å². The predicted molar refractivity (Wildman–Crippen MR) is 81.4 cm³/mol. The highest BCUT2D eigenvalue weighted by atomic mass is 32.2. The highest BCUT2D eigenvalue weighted by Crippen LogP contribution is 2.23. The van der Waals surface area contributed by atoms with Crippen LogP contribution in [0.3, 0.4) is 0 Å². The third kappa shape index (κ3) is 3.56. The van der Waals surface area contributed by atoms with Crippen molar-refractivity contribution in [3.8, 4) is 5.75 Å². The van der Waals surface area contributed by atoms with Gasteiger partial charge in [-0.2, -0.15) is 0 Å². The van der Waals surface area contributed by atoms with Crippen LogP contribution >= 0.6 is 0 Å². The molecular formula is C15H22N2O3S. The van der Waals surface area contributed by atoms with Crippen molar-refractivity contribution in [2.45, 2.75) is 29.9 Å². The zero-order chi connectivity index (χ0) is 14.9. The summed E-state index contributed by atoms with van der Waals surface area (Å²) in [6.07, 6.45) is 3.40. The van der Waals surface area contributed by atoms with Gasteiger partial charge >= 0.3 is 0 Å². The van der Waals surface area contributed by atoms with Gasteiger partial charge in [0, 0.05) is 38.5 Å². The van der Waals surface area contributed by atoms with Crippen LogP contribution in [0.25, 0.3) is 0 Å². The third-order valence-corrected chi connectivity index (χ3v) is 5.40. The van der Waals surface area contributed by atoms with Gasteiger partial charge in [0.1, 0.15) is 11.9 Å². The van der Waals surface area contributed by atoms with Crippen LogP contribution in [0.15, 0.2) is 29.2 Å². The van der Waals surface area contributed by atoms with Gasteiger partial charge in [-0.1, -0.05) is 6.07 Å². The van der Waals surface area contributed by atoms with Gasteiger partial charge in [0.15, 0.2) is 9.84 Å². The molecule has 0 unspecified atom stereocenters. The highest BCUT2D eigenvalue weighted by molar-refractivity contribution is 7.90. The van der Waals surface area contributed by atoms with Gasteiger partial charge in [0.05, 0.1) is 4.90 Å². The Morgan fingerprint density at radius 1 is 1.24 bits per heavy atom. The Morgan fingerprint density at radius 3 is 2.52 bits per heavy atom. The summed E-state index contributed by atoms with van der Waals surface area (Å²) >= 11 is 0. The number of rotatable bonds is 4. The predicted octanol–water partition coefficient (Wildman–Crippen LogP) is 0.905. The molecule has 2 saturated heterocycles. The lowest BCUT2D eigenvalue weighted by atomic mass is 10.0. The molecule has 0 bridgehead atoms. The number of nitrogens with one attached hydrogen (secondary N) is 1. The maximum absolute atomic E-state index is 11.6. The van der Waals surface area contributed by atoms with Crippen LogP contribution < -0.4 is 10.1 Å². The van der Waals surface area contributed by atoms with E-state index in [1.54, 1.807) is 18.2 Å². The van der Waals surface area contributed by atoms with Gasteiger partial charge in [-0.3, -0.25) is 4.90 Å². The van der Waals surface area contributed by atoms with Crippen LogP contribution in [0.1, 0.15) is 12.8 Å². The number of hydrogen-bond donors (Lipinski definition) is 1. The number of nitrogens with zero attached hydrogens (tertiary/aromatic N) is 1. The first-order valence-corrected chi connectivity index (χ1v) is 9.33. The molecule has 1 N–H and O–H groups in total. The molecular weight excluding hydrogens is 288 g/mol. The molecule has 1 aromatic carbocycles. The van der Waals surface area contributed by atoms with E-state index < -0.39 is 9.84 Å². The van der Waals surface area contributed by atoms with E-state index in [0.29, 0.717) is 16.7 Å². The number of ether oxygens (including phenoxy) is 1. The number of piperidine rings is 1. The molecule has 1 aromatic rings. The van der Waals surface area contributed by atoms with Crippen molar-refractivity contribution < 1.29 is 13.2 Å². The molecule has 2 aliphatic heterocycles. The van der Waals surface area contributed by atoms with Crippen molar-refractivity contribution in [2.24, 2.45) is 0 Å². The topological polar surface area (TPSA) is 58.6 Å². The quantitative estimate of drug-likeness (QED) is 0.895. The van der Waals surface area contributed by atoms with Gasteiger partial charge in [-0.25, -0.2) is 8.42 Å². The first-order chi connectivity index (χ1) is 10.0. The van der Waals surface area contributed by atoms with E-state index in [-0.39, 0.29) is 6.10 Å². The monoisotopic (exact) mass is 310 g/mol. The molecule has 0 aliphatic carbocycles. The zero-order valence-corrected chi connectivity index (χ0v) is 13.1. The van der Waals surface area contributed by atoms with Crippen LogP contribution in [-0.4, -0.2) is 57.9 Å². The van der Waals surface area contributed by atoms with Crippen LogP contribution in [0.2, 0.25) is 0 Å². The third-order valence-electron chi connectivity index (χ3n) is 4.29. The molecule has 116 valence electrons. The fourth-order valence-corrected chi connectivity index (χ4v) is 3.52.